The van der Waals surface area contributed by atoms with Crippen molar-refractivity contribution < 1.29 is 14.3 Å². The molecule has 0 saturated heterocycles. The van der Waals surface area contributed by atoms with Gasteiger partial charge in [-0.05, 0) is 48.6 Å². The molecule has 2 atom stereocenters. The van der Waals surface area contributed by atoms with E-state index in [-0.39, 0.29) is 24.3 Å². The highest BCUT2D eigenvalue weighted by Crippen LogP contribution is 2.38. The predicted octanol–water partition coefficient (Wildman–Crippen LogP) is 5.28. The molecular formula is C29H27N3O3. The van der Waals surface area contributed by atoms with Crippen molar-refractivity contribution in [2.24, 2.45) is 7.05 Å². The first-order valence-corrected chi connectivity index (χ1v) is 12.2. The van der Waals surface area contributed by atoms with Gasteiger partial charge in [-0.1, -0.05) is 54.6 Å². The number of esters is 1. The lowest BCUT2D eigenvalue weighted by atomic mass is 9.86. The third kappa shape index (κ3) is 3.79. The van der Waals surface area contributed by atoms with Crippen LogP contribution in [-0.4, -0.2) is 26.3 Å². The fourth-order valence-corrected chi connectivity index (χ4v) is 5.56. The molecule has 0 N–H and O–H groups in total. The Morgan fingerprint density at radius 2 is 1.77 bits per heavy atom. The van der Waals surface area contributed by atoms with Crippen molar-refractivity contribution in [1.29, 1.82) is 0 Å². The van der Waals surface area contributed by atoms with Crippen LogP contribution in [0.2, 0.25) is 0 Å². The smallest absolute Gasteiger partial charge is 0.339 e. The Kier molecular flexibility index (Phi) is 5.36. The standard InChI is InChI=1S/C29H27N3O3/c1-31-25-15-7-6-14-23(25)30-27(31)18-32(24-16-8-10-19-9-2-3-11-20(19)24)28(33)17-26-21-12-4-5-13-22(21)29(34)35-26/h2-7,9,11-15,24,26H,8,10,16-18H2,1H3. The number of hydrogen-bond donors (Lipinski definition) is 0. The number of amides is 1. The van der Waals surface area contributed by atoms with E-state index >= 15 is 0 Å². The second-order valence-electron chi connectivity index (χ2n) is 9.39. The molecule has 1 aliphatic carbocycles. The molecule has 2 unspecified atom stereocenters. The van der Waals surface area contributed by atoms with Gasteiger partial charge in [0.05, 0.1) is 35.6 Å². The summed E-state index contributed by atoms with van der Waals surface area (Å²) in [6, 6.07) is 23.7. The molecule has 0 saturated carbocycles. The van der Waals surface area contributed by atoms with E-state index in [2.05, 4.69) is 22.8 Å². The van der Waals surface area contributed by atoms with E-state index < -0.39 is 6.10 Å². The molecule has 1 aliphatic heterocycles. The number of para-hydroxylation sites is 2. The summed E-state index contributed by atoms with van der Waals surface area (Å²) >= 11 is 0. The van der Waals surface area contributed by atoms with Crippen LogP contribution in [0.15, 0.2) is 72.8 Å². The molecule has 0 spiro atoms. The second-order valence-corrected chi connectivity index (χ2v) is 9.39. The molecule has 176 valence electrons. The Hall–Kier alpha value is -3.93. The summed E-state index contributed by atoms with van der Waals surface area (Å²) in [5.41, 5.74) is 5.80. The average Bonchev–Trinajstić information content (AvgIpc) is 3.38. The van der Waals surface area contributed by atoms with Crippen molar-refractivity contribution in [3.05, 3.63) is 101 Å². The molecule has 3 aromatic carbocycles. The highest BCUT2D eigenvalue weighted by atomic mass is 16.5. The van der Waals surface area contributed by atoms with Gasteiger partial charge in [-0.3, -0.25) is 4.79 Å². The van der Waals surface area contributed by atoms with Crippen LogP contribution in [0.4, 0.5) is 0 Å². The lowest BCUT2D eigenvalue weighted by molar-refractivity contribution is -0.137. The molecule has 6 heteroatoms. The van der Waals surface area contributed by atoms with Crippen LogP contribution in [0.3, 0.4) is 0 Å². The molecule has 0 bridgehead atoms. The van der Waals surface area contributed by atoms with E-state index in [1.54, 1.807) is 6.07 Å². The van der Waals surface area contributed by atoms with Crippen molar-refractivity contribution in [3.8, 4) is 0 Å². The normalized spacial score (nSPS) is 18.7. The van der Waals surface area contributed by atoms with Crippen molar-refractivity contribution in [2.75, 3.05) is 0 Å². The molecule has 35 heavy (non-hydrogen) atoms. The number of aryl methyl sites for hydroxylation is 2. The number of cyclic esters (lactones) is 1. The van der Waals surface area contributed by atoms with Gasteiger partial charge in [0.2, 0.25) is 5.91 Å². The van der Waals surface area contributed by atoms with Gasteiger partial charge in [0, 0.05) is 12.6 Å². The molecule has 2 aliphatic rings. The van der Waals surface area contributed by atoms with Crippen LogP contribution in [0.5, 0.6) is 0 Å². The van der Waals surface area contributed by atoms with Gasteiger partial charge in [-0.25, -0.2) is 9.78 Å². The summed E-state index contributed by atoms with van der Waals surface area (Å²) in [5, 5.41) is 0. The maximum atomic E-state index is 14.0. The molecule has 0 radical (unpaired) electrons. The largest absolute Gasteiger partial charge is 0.453 e. The van der Waals surface area contributed by atoms with Gasteiger partial charge in [0.1, 0.15) is 11.9 Å². The Morgan fingerprint density at radius 1 is 1.03 bits per heavy atom. The number of nitrogens with zero attached hydrogens (tertiary/aromatic N) is 3. The first kappa shape index (κ1) is 21.6. The lowest BCUT2D eigenvalue weighted by Gasteiger charge is -2.36. The van der Waals surface area contributed by atoms with Gasteiger partial charge in [-0.15, -0.1) is 0 Å². The summed E-state index contributed by atoms with van der Waals surface area (Å²) in [7, 11) is 2.00. The fraction of sp³-hybridized carbons (Fsp3) is 0.276. The zero-order valence-electron chi connectivity index (χ0n) is 19.7. The number of rotatable bonds is 5. The van der Waals surface area contributed by atoms with Crippen LogP contribution >= 0.6 is 0 Å². The first-order chi connectivity index (χ1) is 17.1. The SMILES string of the molecule is Cn1c(CN(C(=O)CC2OC(=O)c3ccccc32)C2CCCc3ccccc32)nc2ccccc21. The van der Waals surface area contributed by atoms with Gasteiger partial charge >= 0.3 is 5.97 Å². The van der Waals surface area contributed by atoms with Crippen LogP contribution in [0.25, 0.3) is 11.0 Å². The van der Waals surface area contributed by atoms with E-state index in [9.17, 15) is 9.59 Å². The molecule has 0 fully saturated rings. The Morgan fingerprint density at radius 3 is 2.63 bits per heavy atom. The summed E-state index contributed by atoms with van der Waals surface area (Å²) in [5.74, 6) is 0.447. The van der Waals surface area contributed by atoms with Crippen molar-refractivity contribution >= 4 is 22.9 Å². The Bertz CT molecular complexity index is 1440. The maximum Gasteiger partial charge on any atom is 0.339 e. The molecule has 2 heterocycles. The molecule has 6 rings (SSSR count). The topological polar surface area (TPSA) is 64.4 Å². The van der Waals surface area contributed by atoms with E-state index in [4.69, 9.17) is 9.72 Å². The van der Waals surface area contributed by atoms with E-state index in [1.165, 1.54) is 11.1 Å². The van der Waals surface area contributed by atoms with Crippen molar-refractivity contribution in [3.63, 3.8) is 0 Å². The minimum Gasteiger partial charge on any atom is -0.453 e. The maximum absolute atomic E-state index is 14.0. The summed E-state index contributed by atoms with van der Waals surface area (Å²) in [6.07, 6.45) is 2.50. The van der Waals surface area contributed by atoms with Gasteiger partial charge < -0.3 is 14.2 Å². The average molecular weight is 466 g/mol. The van der Waals surface area contributed by atoms with Crippen molar-refractivity contribution in [2.45, 2.75) is 44.4 Å². The predicted molar refractivity (Wildman–Crippen MR) is 133 cm³/mol. The number of benzene rings is 3. The number of aromatic nitrogens is 2. The third-order valence-electron chi connectivity index (χ3n) is 7.36. The quantitative estimate of drug-likeness (QED) is 0.376. The van der Waals surface area contributed by atoms with Crippen LogP contribution in [-0.2, 0) is 29.5 Å². The lowest BCUT2D eigenvalue weighted by Crippen LogP contribution is -2.37. The molecule has 6 nitrogen and oxygen atoms in total. The number of imidazole rings is 1. The van der Waals surface area contributed by atoms with E-state index in [1.807, 2.05) is 60.5 Å². The summed E-state index contributed by atoms with van der Waals surface area (Å²) < 4.78 is 7.69. The second kappa shape index (κ2) is 8.69. The highest BCUT2D eigenvalue weighted by molar-refractivity contribution is 5.94. The van der Waals surface area contributed by atoms with E-state index in [0.717, 1.165) is 41.7 Å². The van der Waals surface area contributed by atoms with Gasteiger partial charge in [-0.2, -0.15) is 0 Å². The number of carbonyl (C=O) groups excluding carboxylic acids is 2. The fourth-order valence-electron chi connectivity index (χ4n) is 5.56. The van der Waals surface area contributed by atoms with Gasteiger partial charge in [0.15, 0.2) is 0 Å². The molecule has 1 amide bonds. The molecule has 1 aromatic heterocycles. The zero-order valence-corrected chi connectivity index (χ0v) is 19.7. The van der Waals surface area contributed by atoms with E-state index in [0.29, 0.717) is 12.1 Å². The van der Waals surface area contributed by atoms with Crippen LogP contribution in [0.1, 0.15) is 64.3 Å². The minimum absolute atomic E-state index is 0.0340. The minimum atomic E-state index is -0.562. The van der Waals surface area contributed by atoms with Crippen LogP contribution < -0.4 is 0 Å². The summed E-state index contributed by atoms with van der Waals surface area (Å²) in [4.78, 5) is 33.1. The Labute approximate surface area is 204 Å². The zero-order chi connectivity index (χ0) is 23.9. The number of fused-ring (bicyclic) bond motifs is 3. The van der Waals surface area contributed by atoms with Gasteiger partial charge in [0.25, 0.3) is 0 Å². The van der Waals surface area contributed by atoms with Crippen LogP contribution in [0, 0.1) is 0 Å². The Balaban J connectivity index is 1.36. The summed E-state index contributed by atoms with van der Waals surface area (Å²) in [6.45, 7) is 0.394. The van der Waals surface area contributed by atoms with Crippen molar-refractivity contribution in [1.82, 2.24) is 14.5 Å². The third-order valence-corrected chi connectivity index (χ3v) is 7.36. The monoisotopic (exact) mass is 465 g/mol. The highest BCUT2D eigenvalue weighted by Gasteiger charge is 2.36. The molecular weight excluding hydrogens is 438 g/mol. The number of carbonyl (C=O) groups is 2. The first-order valence-electron chi connectivity index (χ1n) is 12.2. The molecule has 4 aromatic rings. The number of hydrogen-bond acceptors (Lipinski definition) is 4. The number of ether oxygens (including phenoxy) is 1.